The summed E-state index contributed by atoms with van der Waals surface area (Å²) in [7, 11) is 0. The summed E-state index contributed by atoms with van der Waals surface area (Å²) in [5, 5.41) is 0. The van der Waals surface area contributed by atoms with Gasteiger partial charge in [0.2, 0.25) is 0 Å². The number of aromatic nitrogens is 1. The minimum atomic E-state index is -2.20. The van der Waals surface area contributed by atoms with Crippen molar-refractivity contribution in [1.29, 1.82) is 0 Å². The Morgan fingerprint density at radius 3 is 2.69 bits per heavy atom. The van der Waals surface area contributed by atoms with Crippen molar-refractivity contribution in [3.8, 4) is 0 Å². The van der Waals surface area contributed by atoms with Crippen LogP contribution in [0.4, 0.5) is 0 Å². The molecule has 62 valence electrons. The van der Waals surface area contributed by atoms with E-state index in [1.54, 1.807) is 6.07 Å². The zero-order valence-electron chi connectivity index (χ0n) is 6.89. The summed E-state index contributed by atoms with van der Waals surface area (Å²) in [6, 6.07) is 7.34. The van der Waals surface area contributed by atoms with Gasteiger partial charge in [0, 0.05) is 11.1 Å². The van der Waals surface area contributed by atoms with E-state index in [0.29, 0.717) is 0 Å². The van der Waals surface area contributed by atoms with Crippen LogP contribution < -0.4 is 18.9 Å². The predicted molar refractivity (Wildman–Crippen MR) is 46.8 cm³/mol. The van der Waals surface area contributed by atoms with Crippen molar-refractivity contribution in [2.75, 3.05) is 0 Å². The second kappa shape index (κ2) is 4.36. The number of hydrogen-bond acceptors (Lipinski definition) is 4. The van der Waals surface area contributed by atoms with E-state index in [4.69, 9.17) is 0 Å². The van der Waals surface area contributed by atoms with E-state index in [-0.39, 0.29) is 23.2 Å². The summed E-state index contributed by atoms with van der Waals surface area (Å²) in [4.78, 5) is 3.92. The number of nitrogens with zero attached hydrogens (tertiary/aromatic N) is 1. The Morgan fingerprint density at radius 2 is 2.08 bits per heavy atom. The van der Waals surface area contributed by atoms with Gasteiger partial charge in [-0.15, -0.1) is 11.3 Å². The first-order valence-electron chi connectivity index (χ1n) is 3.22. The number of hydrogen-bond donors (Lipinski definition) is 0. The summed E-state index contributed by atoms with van der Waals surface area (Å²) in [6.45, 7) is 0. The Labute approximate surface area is 93.6 Å². The molecule has 0 aliphatic carbocycles. The van der Waals surface area contributed by atoms with Crippen molar-refractivity contribution >= 4 is 32.6 Å². The molecule has 0 aliphatic rings. The molecule has 0 saturated carbocycles. The molecule has 0 radical (unpaired) electrons. The average molecular weight is 205 g/mol. The van der Waals surface area contributed by atoms with Crippen LogP contribution in [0.15, 0.2) is 28.6 Å². The largest absolute Gasteiger partial charge is 1.00 e. The Bertz CT molecular complexity index is 410. The number of para-hydroxylation sites is 1. The molecule has 1 aromatic carbocycles. The van der Waals surface area contributed by atoms with Crippen molar-refractivity contribution < 1.29 is 27.6 Å². The number of fused-ring (bicyclic) bond motifs is 1. The molecule has 6 heteroatoms. The van der Waals surface area contributed by atoms with Crippen LogP contribution >= 0.6 is 11.3 Å². The number of rotatable bonds is 1. The Hall–Kier alpha value is -0.183. The second-order valence-corrected chi connectivity index (χ2v) is 4.33. The molecule has 0 spiro atoms. The van der Waals surface area contributed by atoms with Gasteiger partial charge in [0.25, 0.3) is 0 Å². The fourth-order valence-corrected chi connectivity index (χ4v) is 2.33. The van der Waals surface area contributed by atoms with Gasteiger partial charge in [-0.25, -0.2) is 4.98 Å². The first kappa shape index (κ1) is 10.9. The molecule has 0 N–H and O–H groups in total. The molecule has 1 atom stereocenters. The third kappa shape index (κ3) is 2.19. The zero-order chi connectivity index (χ0) is 8.55. The molecular formula is C7H4LiNO2S2. The maximum atomic E-state index is 10.5. The van der Waals surface area contributed by atoms with Crippen molar-refractivity contribution in [2.24, 2.45) is 0 Å². The van der Waals surface area contributed by atoms with Gasteiger partial charge in [0.1, 0.15) is 0 Å². The van der Waals surface area contributed by atoms with E-state index < -0.39 is 11.1 Å². The Balaban J connectivity index is 0.000000845. The molecule has 3 nitrogen and oxygen atoms in total. The minimum absolute atomic E-state index is 0. The molecule has 2 rings (SSSR count). The van der Waals surface area contributed by atoms with Crippen LogP contribution in [0.25, 0.3) is 10.2 Å². The van der Waals surface area contributed by atoms with Gasteiger partial charge in [-0.1, -0.05) is 12.1 Å². The maximum Gasteiger partial charge on any atom is 1.00 e. The Morgan fingerprint density at radius 1 is 1.38 bits per heavy atom. The first-order chi connectivity index (χ1) is 5.77. The smallest absolute Gasteiger partial charge is 0.767 e. The monoisotopic (exact) mass is 205 g/mol. The van der Waals surface area contributed by atoms with Crippen molar-refractivity contribution in [2.45, 2.75) is 4.34 Å². The standard InChI is InChI=1S/C7H5NO2S2.Li/c9-12(10)7-8-5-3-1-2-4-6(5)11-7;/h1-4H,(H,9,10);/q;+1/p-1. The molecule has 0 bridgehead atoms. The van der Waals surface area contributed by atoms with Crippen LogP contribution in [-0.4, -0.2) is 13.7 Å². The van der Waals surface area contributed by atoms with Crippen LogP contribution in [0.3, 0.4) is 0 Å². The molecule has 0 fully saturated rings. The van der Waals surface area contributed by atoms with E-state index in [2.05, 4.69) is 4.98 Å². The van der Waals surface area contributed by atoms with Crippen molar-refractivity contribution in [3.05, 3.63) is 24.3 Å². The third-order valence-electron chi connectivity index (χ3n) is 1.42. The SMILES string of the molecule is O=S([O-])c1nc2ccccc2s1.[Li+]. The molecule has 2 aromatic rings. The van der Waals surface area contributed by atoms with Gasteiger partial charge in [-0.05, 0) is 12.1 Å². The van der Waals surface area contributed by atoms with Crippen LogP contribution in [0, 0.1) is 0 Å². The molecule has 0 aliphatic heterocycles. The Kier molecular flexibility index (Phi) is 3.65. The zero-order valence-corrected chi connectivity index (χ0v) is 8.52. The topological polar surface area (TPSA) is 53.0 Å². The van der Waals surface area contributed by atoms with E-state index in [9.17, 15) is 8.76 Å². The molecule has 0 amide bonds. The van der Waals surface area contributed by atoms with Gasteiger partial charge >= 0.3 is 18.9 Å². The maximum absolute atomic E-state index is 10.5. The molecular weight excluding hydrogens is 201 g/mol. The van der Waals surface area contributed by atoms with Crippen molar-refractivity contribution in [1.82, 2.24) is 4.98 Å². The van der Waals surface area contributed by atoms with Gasteiger partial charge in [0.15, 0.2) is 4.34 Å². The number of benzene rings is 1. The average Bonchev–Trinajstić information content (AvgIpc) is 2.46. The summed E-state index contributed by atoms with van der Waals surface area (Å²) >= 11 is -1.02. The summed E-state index contributed by atoms with van der Waals surface area (Å²) < 4.78 is 22.1. The summed E-state index contributed by atoms with van der Waals surface area (Å²) in [5.74, 6) is 0. The van der Waals surface area contributed by atoms with Crippen LogP contribution in [0.5, 0.6) is 0 Å². The quantitative estimate of drug-likeness (QED) is 0.422. The van der Waals surface area contributed by atoms with Gasteiger partial charge in [-0.2, -0.15) is 0 Å². The van der Waals surface area contributed by atoms with E-state index in [1.807, 2.05) is 18.2 Å². The fourth-order valence-electron chi connectivity index (χ4n) is 0.922. The summed E-state index contributed by atoms with van der Waals surface area (Å²) in [5.41, 5.74) is 0.738. The molecule has 1 heterocycles. The predicted octanol–water partition coefficient (Wildman–Crippen LogP) is -1.46. The van der Waals surface area contributed by atoms with E-state index in [0.717, 1.165) is 10.2 Å². The molecule has 1 unspecified atom stereocenters. The fraction of sp³-hybridized carbons (Fsp3) is 0. The third-order valence-corrected chi connectivity index (χ3v) is 3.28. The van der Waals surface area contributed by atoms with Gasteiger partial charge < -0.3 is 4.55 Å². The molecule has 1 aromatic heterocycles. The van der Waals surface area contributed by atoms with E-state index in [1.165, 1.54) is 11.3 Å². The molecule has 13 heavy (non-hydrogen) atoms. The minimum Gasteiger partial charge on any atom is -0.767 e. The first-order valence-corrected chi connectivity index (χ1v) is 5.11. The van der Waals surface area contributed by atoms with Gasteiger partial charge in [0.05, 0.1) is 10.2 Å². The van der Waals surface area contributed by atoms with E-state index >= 15 is 0 Å². The normalized spacial score (nSPS) is 12.4. The van der Waals surface area contributed by atoms with Gasteiger partial charge in [-0.3, -0.25) is 4.21 Å². The van der Waals surface area contributed by atoms with Crippen LogP contribution in [0.2, 0.25) is 0 Å². The summed E-state index contributed by atoms with van der Waals surface area (Å²) in [6.07, 6.45) is 0. The molecule has 0 saturated heterocycles. The second-order valence-electron chi connectivity index (χ2n) is 2.18. The van der Waals surface area contributed by atoms with Crippen molar-refractivity contribution in [3.63, 3.8) is 0 Å². The van der Waals surface area contributed by atoms with Crippen LogP contribution in [0.1, 0.15) is 0 Å². The number of thiazole rings is 1. The van der Waals surface area contributed by atoms with Crippen LogP contribution in [-0.2, 0) is 11.1 Å².